The van der Waals surface area contributed by atoms with Crippen LogP contribution in [0.4, 0.5) is 5.69 Å². The van der Waals surface area contributed by atoms with Crippen LogP contribution >= 0.6 is 11.6 Å². The largest absolute Gasteiger partial charge is 0.494 e. The molecule has 1 fully saturated rings. The lowest BCUT2D eigenvalue weighted by atomic mass is 10.0. The molecule has 1 aliphatic carbocycles. The summed E-state index contributed by atoms with van der Waals surface area (Å²) in [6.07, 6.45) is 4.09. The van der Waals surface area contributed by atoms with Crippen LogP contribution in [0.3, 0.4) is 0 Å². The van der Waals surface area contributed by atoms with Gasteiger partial charge in [-0.3, -0.25) is 13.9 Å². The van der Waals surface area contributed by atoms with Gasteiger partial charge < -0.3 is 15.0 Å². The number of nitrogens with one attached hydrogen (secondary N) is 1. The van der Waals surface area contributed by atoms with Gasteiger partial charge in [0, 0.05) is 24.0 Å². The molecule has 246 valence electrons. The van der Waals surface area contributed by atoms with Crippen LogP contribution in [0, 0.1) is 0 Å². The molecule has 0 aliphatic heterocycles. The number of hydrogen-bond donors (Lipinski definition) is 1. The van der Waals surface area contributed by atoms with Crippen LogP contribution in [-0.2, 0) is 32.6 Å². The normalized spacial score (nSPS) is 13.9. The number of benzene rings is 4. The first kappa shape index (κ1) is 34.0. The molecular formula is C37H40ClN3O5S. The second-order valence-corrected chi connectivity index (χ2v) is 13.9. The first-order valence-corrected chi connectivity index (χ1v) is 17.7. The van der Waals surface area contributed by atoms with Crippen molar-refractivity contribution in [2.24, 2.45) is 0 Å². The van der Waals surface area contributed by atoms with Gasteiger partial charge in [-0.25, -0.2) is 8.42 Å². The average molecular weight is 674 g/mol. The smallest absolute Gasteiger partial charge is 0.264 e. The van der Waals surface area contributed by atoms with Gasteiger partial charge in [0.2, 0.25) is 11.8 Å². The lowest BCUT2D eigenvalue weighted by molar-refractivity contribution is -0.140. The van der Waals surface area contributed by atoms with Crippen LogP contribution in [0.25, 0.3) is 0 Å². The topological polar surface area (TPSA) is 96.0 Å². The summed E-state index contributed by atoms with van der Waals surface area (Å²) in [6, 6.07) is 30.4. The molecule has 0 spiro atoms. The van der Waals surface area contributed by atoms with Crippen LogP contribution in [0.2, 0.25) is 5.02 Å². The first-order valence-electron chi connectivity index (χ1n) is 15.9. The second-order valence-electron chi connectivity index (χ2n) is 11.6. The van der Waals surface area contributed by atoms with Crippen molar-refractivity contribution in [3.05, 3.63) is 125 Å². The molecule has 1 unspecified atom stereocenters. The maximum atomic E-state index is 14.6. The van der Waals surface area contributed by atoms with Gasteiger partial charge in [-0.2, -0.15) is 0 Å². The third-order valence-electron chi connectivity index (χ3n) is 8.26. The van der Waals surface area contributed by atoms with Gasteiger partial charge >= 0.3 is 0 Å². The molecule has 0 saturated heterocycles. The number of para-hydroxylation sites is 1. The van der Waals surface area contributed by atoms with Crippen LogP contribution in [0.1, 0.15) is 43.7 Å². The first-order chi connectivity index (χ1) is 22.7. The standard InChI is InChI=1S/C37H40ClN3O5S/c1-2-46-33-20-22-34(23-21-33)47(44,45)41(32-18-7-4-8-19-32)27-36(42)40(26-29-14-11-15-30(38)24-29)35(25-28-12-5-3-6-13-28)37(43)39-31-16-9-10-17-31/h3-8,11-15,18-24,31,35H,2,9-10,16-17,25-27H2,1H3,(H,39,43). The number of amides is 2. The highest BCUT2D eigenvalue weighted by Gasteiger charge is 2.35. The van der Waals surface area contributed by atoms with Crippen molar-refractivity contribution >= 4 is 39.1 Å². The van der Waals surface area contributed by atoms with Crippen molar-refractivity contribution in [3.8, 4) is 5.75 Å². The van der Waals surface area contributed by atoms with Gasteiger partial charge in [0.15, 0.2) is 0 Å². The van der Waals surface area contributed by atoms with Crippen molar-refractivity contribution in [2.75, 3.05) is 17.5 Å². The number of ether oxygens (including phenoxy) is 1. The molecule has 1 saturated carbocycles. The quantitative estimate of drug-likeness (QED) is 0.162. The van der Waals surface area contributed by atoms with E-state index in [9.17, 15) is 18.0 Å². The van der Waals surface area contributed by atoms with E-state index in [1.165, 1.54) is 17.0 Å². The highest BCUT2D eigenvalue weighted by Crippen LogP contribution is 2.27. The maximum Gasteiger partial charge on any atom is 0.264 e. The molecule has 0 aromatic heterocycles. The summed E-state index contributed by atoms with van der Waals surface area (Å²) in [6.45, 7) is 1.82. The summed E-state index contributed by atoms with van der Waals surface area (Å²) >= 11 is 6.34. The number of sulfonamides is 1. The number of carbonyl (C=O) groups excluding carboxylic acids is 2. The predicted octanol–water partition coefficient (Wildman–Crippen LogP) is 6.63. The maximum absolute atomic E-state index is 14.6. The van der Waals surface area contributed by atoms with Gasteiger partial charge in [-0.1, -0.05) is 85.1 Å². The van der Waals surface area contributed by atoms with Gasteiger partial charge in [0.05, 0.1) is 17.2 Å². The van der Waals surface area contributed by atoms with E-state index in [4.69, 9.17) is 16.3 Å². The molecule has 0 heterocycles. The van der Waals surface area contributed by atoms with Crippen molar-refractivity contribution < 1.29 is 22.7 Å². The van der Waals surface area contributed by atoms with Crippen LogP contribution < -0.4 is 14.4 Å². The molecule has 47 heavy (non-hydrogen) atoms. The summed E-state index contributed by atoms with van der Waals surface area (Å²) < 4.78 is 35.0. The highest BCUT2D eigenvalue weighted by molar-refractivity contribution is 7.92. The Morgan fingerprint density at radius 3 is 2.15 bits per heavy atom. The van der Waals surface area contributed by atoms with Crippen molar-refractivity contribution in [1.82, 2.24) is 10.2 Å². The zero-order valence-corrected chi connectivity index (χ0v) is 28.0. The monoisotopic (exact) mass is 673 g/mol. The second kappa shape index (κ2) is 16.0. The van der Waals surface area contributed by atoms with Crippen molar-refractivity contribution in [1.29, 1.82) is 0 Å². The van der Waals surface area contributed by atoms with E-state index >= 15 is 0 Å². The Morgan fingerprint density at radius 2 is 1.51 bits per heavy atom. The Balaban J connectivity index is 1.54. The Bertz CT molecular complexity index is 1730. The van der Waals surface area contributed by atoms with E-state index in [0.29, 0.717) is 23.1 Å². The summed E-state index contributed by atoms with van der Waals surface area (Å²) in [5.74, 6) is -0.249. The number of rotatable bonds is 14. The molecule has 4 aromatic carbocycles. The van der Waals surface area contributed by atoms with Crippen LogP contribution in [0.5, 0.6) is 5.75 Å². The molecule has 1 aliphatic rings. The molecule has 5 rings (SSSR count). The van der Waals surface area contributed by atoms with Crippen LogP contribution in [0.15, 0.2) is 114 Å². The molecule has 4 aromatic rings. The minimum Gasteiger partial charge on any atom is -0.494 e. The summed E-state index contributed by atoms with van der Waals surface area (Å²) in [7, 11) is -4.21. The minimum atomic E-state index is -4.21. The van der Waals surface area contributed by atoms with E-state index < -0.39 is 28.5 Å². The minimum absolute atomic E-state index is 0.0128. The Morgan fingerprint density at radius 1 is 0.872 bits per heavy atom. The van der Waals surface area contributed by atoms with Gasteiger partial charge in [-0.05, 0) is 79.4 Å². The Kier molecular flexibility index (Phi) is 11.6. The SMILES string of the molecule is CCOc1ccc(S(=O)(=O)N(CC(=O)N(Cc2cccc(Cl)c2)C(Cc2ccccc2)C(=O)NC2CCCC2)c2ccccc2)cc1. The fourth-order valence-corrected chi connectivity index (χ4v) is 7.51. The average Bonchev–Trinajstić information content (AvgIpc) is 3.59. The Labute approximate surface area is 282 Å². The fraction of sp³-hybridized carbons (Fsp3) is 0.297. The third-order valence-corrected chi connectivity index (χ3v) is 10.3. The van der Waals surface area contributed by atoms with E-state index in [-0.39, 0.29) is 29.8 Å². The molecular weight excluding hydrogens is 634 g/mol. The lowest BCUT2D eigenvalue weighted by Crippen LogP contribution is -2.54. The van der Waals surface area contributed by atoms with Gasteiger partial charge in [-0.15, -0.1) is 0 Å². The number of anilines is 1. The van der Waals surface area contributed by atoms with E-state index in [2.05, 4.69) is 5.32 Å². The highest BCUT2D eigenvalue weighted by atomic mass is 35.5. The molecule has 0 bridgehead atoms. The van der Waals surface area contributed by atoms with Crippen LogP contribution in [-0.4, -0.2) is 50.4 Å². The summed E-state index contributed by atoms with van der Waals surface area (Å²) in [4.78, 5) is 30.2. The van der Waals surface area contributed by atoms with Gasteiger partial charge in [0.1, 0.15) is 18.3 Å². The summed E-state index contributed by atoms with van der Waals surface area (Å²) in [5.41, 5.74) is 1.93. The van der Waals surface area contributed by atoms with Gasteiger partial charge in [0.25, 0.3) is 10.0 Å². The van der Waals surface area contributed by atoms with Crippen molar-refractivity contribution in [2.45, 2.75) is 62.6 Å². The lowest BCUT2D eigenvalue weighted by Gasteiger charge is -2.34. The number of nitrogens with zero attached hydrogens (tertiary/aromatic N) is 2. The third kappa shape index (κ3) is 8.93. The van der Waals surface area contributed by atoms with E-state index in [1.807, 2.05) is 43.3 Å². The fourth-order valence-electron chi connectivity index (χ4n) is 5.88. The van der Waals surface area contributed by atoms with E-state index in [1.54, 1.807) is 60.7 Å². The zero-order chi connectivity index (χ0) is 33.2. The Hall–Kier alpha value is -4.34. The number of halogens is 1. The predicted molar refractivity (Wildman–Crippen MR) is 185 cm³/mol. The molecule has 0 radical (unpaired) electrons. The number of carbonyl (C=O) groups is 2. The zero-order valence-electron chi connectivity index (χ0n) is 26.4. The molecule has 1 atom stereocenters. The molecule has 10 heteroatoms. The number of hydrogen-bond acceptors (Lipinski definition) is 5. The van der Waals surface area contributed by atoms with Crippen molar-refractivity contribution in [3.63, 3.8) is 0 Å². The molecule has 1 N–H and O–H groups in total. The summed E-state index contributed by atoms with van der Waals surface area (Å²) in [5, 5.41) is 3.68. The van der Waals surface area contributed by atoms with E-state index in [0.717, 1.165) is 41.1 Å². The molecule has 8 nitrogen and oxygen atoms in total. The molecule has 2 amide bonds.